The lowest BCUT2D eigenvalue weighted by atomic mass is 10.1. The molecule has 4 heterocycles. The maximum Gasteiger partial charge on any atom is 0.287 e. The predicted octanol–water partition coefficient (Wildman–Crippen LogP) is 4.51. The first-order valence-electron chi connectivity index (χ1n) is 11.1. The topological polar surface area (TPSA) is 114 Å². The number of carbonyl (C=O) groups is 1. The molecule has 3 aromatic heterocycles. The molecule has 0 saturated carbocycles. The Hall–Kier alpha value is -4.35. The molecule has 2 aromatic carbocycles. The van der Waals surface area contributed by atoms with E-state index in [1.54, 1.807) is 12.1 Å². The number of hydrogen-bond acceptors (Lipinski definition) is 7. The number of nitrogens with one attached hydrogen (secondary N) is 3. The number of fused-ring (bicyclic) bond motifs is 2. The molecule has 0 unspecified atom stereocenters. The fourth-order valence-corrected chi connectivity index (χ4v) is 4.95. The van der Waals surface area contributed by atoms with Crippen molar-refractivity contribution >= 4 is 44.5 Å². The molecule has 5 aromatic rings. The molecule has 3 N–H and O–H groups in total. The summed E-state index contributed by atoms with van der Waals surface area (Å²) < 4.78 is 22.8. The molecular weight excluding hydrogens is 483 g/mol. The van der Waals surface area contributed by atoms with Crippen LogP contribution in [0.25, 0.3) is 21.3 Å². The number of thiophene rings is 1. The van der Waals surface area contributed by atoms with Crippen LogP contribution in [0.4, 0.5) is 21.6 Å². The summed E-state index contributed by atoms with van der Waals surface area (Å²) in [6.45, 7) is 1.68. The van der Waals surface area contributed by atoms with Crippen molar-refractivity contribution in [2.24, 2.45) is 0 Å². The van der Waals surface area contributed by atoms with Crippen LogP contribution in [0, 0.1) is 5.82 Å². The summed E-state index contributed by atoms with van der Waals surface area (Å²) in [5, 5.41) is 17.6. The number of aromatic nitrogens is 4. The van der Waals surface area contributed by atoms with Crippen molar-refractivity contribution in [3.05, 3.63) is 87.4 Å². The number of halogens is 1. The van der Waals surface area contributed by atoms with Gasteiger partial charge in [0.2, 0.25) is 0 Å². The highest BCUT2D eigenvalue weighted by Crippen LogP contribution is 2.28. The molecule has 9 nitrogen and oxygen atoms in total. The van der Waals surface area contributed by atoms with Gasteiger partial charge in [-0.3, -0.25) is 14.3 Å². The Bertz CT molecular complexity index is 1620. The molecule has 0 aliphatic carbocycles. The summed E-state index contributed by atoms with van der Waals surface area (Å²) >= 11 is 1.33. The third-order valence-corrected chi connectivity index (χ3v) is 6.90. The zero-order valence-corrected chi connectivity index (χ0v) is 19.6. The number of anilines is 3. The van der Waals surface area contributed by atoms with Crippen molar-refractivity contribution in [2.75, 3.05) is 17.2 Å². The van der Waals surface area contributed by atoms with Crippen LogP contribution in [0.5, 0.6) is 0 Å². The summed E-state index contributed by atoms with van der Waals surface area (Å²) in [7, 11) is 0. The van der Waals surface area contributed by atoms with E-state index in [2.05, 4.69) is 25.9 Å². The van der Waals surface area contributed by atoms with Gasteiger partial charge in [-0.05, 0) is 41.8 Å². The van der Waals surface area contributed by atoms with E-state index >= 15 is 0 Å². The van der Waals surface area contributed by atoms with Crippen molar-refractivity contribution in [2.45, 2.75) is 13.2 Å². The van der Waals surface area contributed by atoms with E-state index in [1.165, 1.54) is 29.5 Å². The molecule has 11 heteroatoms. The molecule has 1 amide bonds. The summed E-state index contributed by atoms with van der Waals surface area (Å²) in [4.78, 5) is 25.7. The second kappa shape index (κ2) is 9.02. The van der Waals surface area contributed by atoms with Crippen molar-refractivity contribution in [1.29, 1.82) is 0 Å². The number of hydrogen-bond donors (Lipinski definition) is 3. The average molecular weight is 503 g/mol. The molecule has 0 saturated heterocycles. The van der Waals surface area contributed by atoms with Crippen LogP contribution in [-0.4, -0.2) is 32.5 Å². The first kappa shape index (κ1) is 22.1. The van der Waals surface area contributed by atoms with Gasteiger partial charge in [0.1, 0.15) is 11.5 Å². The number of aromatic amines is 1. The van der Waals surface area contributed by atoms with Gasteiger partial charge in [-0.15, -0.1) is 11.3 Å². The molecule has 1 aliphatic heterocycles. The summed E-state index contributed by atoms with van der Waals surface area (Å²) in [6.07, 6.45) is 0. The fourth-order valence-electron chi connectivity index (χ4n) is 4.00. The van der Waals surface area contributed by atoms with Crippen molar-refractivity contribution in [3.8, 4) is 11.3 Å². The number of carbonyl (C=O) groups excluding carboxylic acids is 1. The number of amides is 1. The van der Waals surface area contributed by atoms with E-state index in [4.69, 9.17) is 4.74 Å². The Morgan fingerprint density at radius 3 is 2.86 bits per heavy atom. The third kappa shape index (κ3) is 4.25. The van der Waals surface area contributed by atoms with Gasteiger partial charge >= 0.3 is 0 Å². The molecule has 6 rings (SSSR count). The second-order valence-corrected chi connectivity index (χ2v) is 9.30. The Balaban J connectivity index is 1.26. The molecule has 1 aliphatic rings. The normalized spacial score (nSPS) is 12.9. The highest BCUT2D eigenvalue weighted by atomic mass is 32.1. The SMILES string of the molecule is O=C(Nc1cc(-c2cc(Nc3cc4n(n3)CCOC4)c(=O)[nH]n2)ccc1F)c1cc2ccccc2s1. The third-order valence-electron chi connectivity index (χ3n) is 5.79. The Morgan fingerprint density at radius 1 is 1.11 bits per heavy atom. The highest BCUT2D eigenvalue weighted by Gasteiger charge is 2.16. The van der Waals surface area contributed by atoms with E-state index in [0.29, 0.717) is 41.7 Å². The van der Waals surface area contributed by atoms with Gasteiger partial charge in [0.05, 0.1) is 41.7 Å². The molecule has 180 valence electrons. The van der Waals surface area contributed by atoms with Crippen molar-refractivity contribution in [1.82, 2.24) is 20.0 Å². The Labute approximate surface area is 207 Å². The van der Waals surface area contributed by atoms with Crippen LogP contribution in [0.15, 0.2) is 65.5 Å². The Kier molecular flexibility index (Phi) is 5.55. The monoisotopic (exact) mass is 502 g/mol. The lowest BCUT2D eigenvalue weighted by Gasteiger charge is -2.12. The second-order valence-electron chi connectivity index (χ2n) is 8.21. The van der Waals surface area contributed by atoms with Crippen LogP contribution in [-0.2, 0) is 17.9 Å². The van der Waals surface area contributed by atoms with Gasteiger partial charge in [-0.25, -0.2) is 9.49 Å². The van der Waals surface area contributed by atoms with Crippen molar-refractivity contribution in [3.63, 3.8) is 0 Å². The molecular formula is C25H19FN6O3S. The van der Waals surface area contributed by atoms with Crippen molar-refractivity contribution < 1.29 is 13.9 Å². The van der Waals surface area contributed by atoms with E-state index in [-0.39, 0.29) is 11.4 Å². The highest BCUT2D eigenvalue weighted by molar-refractivity contribution is 7.20. The minimum absolute atomic E-state index is 0.0132. The first-order valence-corrected chi connectivity index (χ1v) is 12.0. The number of benzene rings is 2. The largest absolute Gasteiger partial charge is 0.373 e. The first-order chi connectivity index (χ1) is 17.5. The van der Waals surface area contributed by atoms with Gasteiger partial charge < -0.3 is 15.4 Å². The lowest BCUT2D eigenvalue weighted by Crippen LogP contribution is -2.17. The zero-order chi connectivity index (χ0) is 24.6. The maximum atomic E-state index is 14.6. The van der Waals surface area contributed by atoms with Crippen LogP contribution in [0.1, 0.15) is 15.4 Å². The van der Waals surface area contributed by atoms with Gasteiger partial charge in [0.25, 0.3) is 11.5 Å². The summed E-state index contributed by atoms with van der Waals surface area (Å²) in [6, 6.07) is 17.1. The quantitative estimate of drug-likeness (QED) is 0.326. The predicted molar refractivity (Wildman–Crippen MR) is 135 cm³/mol. The number of rotatable bonds is 5. The van der Waals surface area contributed by atoms with E-state index in [0.717, 1.165) is 15.8 Å². The van der Waals surface area contributed by atoms with Crippen LogP contribution < -0.4 is 16.2 Å². The maximum absolute atomic E-state index is 14.6. The van der Waals surface area contributed by atoms with Gasteiger partial charge in [0.15, 0.2) is 5.82 Å². The average Bonchev–Trinajstić information content (AvgIpc) is 3.50. The van der Waals surface area contributed by atoms with Gasteiger partial charge in [-0.2, -0.15) is 10.2 Å². The molecule has 0 bridgehead atoms. The number of nitrogens with zero attached hydrogens (tertiary/aromatic N) is 3. The molecule has 0 atom stereocenters. The van der Waals surface area contributed by atoms with E-state index < -0.39 is 17.3 Å². The van der Waals surface area contributed by atoms with Gasteiger partial charge in [0, 0.05) is 16.3 Å². The van der Waals surface area contributed by atoms with Gasteiger partial charge in [-0.1, -0.05) is 18.2 Å². The zero-order valence-electron chi connectivity index (χ0n) is 18.7. The van der Waals surface area contributed by atoms with Crippen LogP contribution in [0.2, 0.25) is 0 Å². The van der Waals surface area contributed by atoms with Crippen LogP contribution >= 0.6 is 11.3 Å². The molecule has 0 fully saturated rings. The molecule has 36 heavy (non-hydrogen) atoms. The van der Waals surface area contributed by atoms with E-state index in [9.17, 15) is 14.0 Å². The molecule has 0 radical (unpaired) electrons. The van der Waals surface area contributed by atoms with E-state index in [1.807, 2.05) is 35.0 Å². The lowest BCUT2D eigenvalue weighted by molar-refractivity contribution is 0.0801. The fraction of sp³-hybridized carbons (Fsp3) is 0.120. The smallest absolute Gasteiger partial charge is 0.287 e. The number of ether oxygens (including phenoxy) is 1. The summed E-state index contributed by atoms with van der Waals surface area (Å²) in [5.74, 6) is -0.480. The molecule has 0 spiro atoms. The van der Waals surface area contributed by atoms with Crippen LogP contribution in [0.3, 0.4) is 0 Å². The standard InChI is InChI=1S/C25H19FN6O3S/c26-17-6-5-14(9-19(17)28-25(34)22-10-15-3-1-2-4-21(15)36-22)18-12-20(24(33)30-29-18)27-23-11-16-13-35-8-7-32(16)31-23/h1-6,9-12H,7-8,13H2,(H,28,34)(H,30,33)(H,27,29,31). The number of H-pyrrole nitrogens is 1. The minimum Gasteiger partial charge on any atom is -0.373 e. The Morgan fingerprint density at radius 2 is 2.00 bits per heavy atom. The minimum atomic E-state index is -0.582. The summed E-state index contributed by atoms with van der Waals surface area (Å²) in [5.41, 5.74) is 1.63.